The molecule has 0 unspecified atom stereocenters. The number of nitrogens with zero attached hydrogens (tertiary/aromatic N) is 1. The molecular weight excluding hydrogens is 332 g/mol. The second kappa shape index (κ2) is 5.94. The van der Waals surface area contributed by atoms with Gasteiger partial charge in [0.25, 0.3) is 0 Å². The number of aliphatic hydroxyl groups excluding tert-OH is 1. The molecule has 1 spiro atoms. The van der Waals surface area contributed by atoms with Crippen LogP contribution in [0.25, 0.3) is 0 Å². The number of β-amino-alcohol motifs (C(OH)–C–C–N with tert-alkyl or cyclic N) is 1. The molecular formula is C20H31N2O4+. The van der Waals surface area contributed by atoms with Crippen LogP contribution < -0.4 is 5.32 Å². The van der Waals surface area contributed by atoms with E-state index < -0.39 is 23.5 Å². The Morgan fingerprint density at radius 3 is 2.19 bits per heavy atom. The largest absolute Gasteiger partial charge is 0.437 e. The number of ether oxygens (including phenoxy) is 1. The van der Waals surface area contributed by atoms with Crippen molar-refractivity contribution >= 4 is 6.09 Å². The van der Waals surface area contributed by atoms with Gasteiger partial charge >= 0.3 is 6.09 Å². The minimum Gasteiger partial charge on any atom is -0.437 e. The molecule has 144 valence electrons. The maximum Gasteiger partial charge on any atom is 0.413 e. The van der Waals surface area contributed by atoms with E-state index in [4.69, 9.17) is 4.74 Å². The van der Waals surface area contributed by atoms with Crippen LogP contribution in [0.15, 0.2) is 30.3 Å². The third-order valence-corrected chi connectivity index (χ3v) is 5.70. The first-order valence-corrected chi connectivity index (χ1v) is 9.21. The highest BCUT2D eigenvalue weighted by Crippen LogP contribution is 2.48. The Labute approximate surface area is 155 Å². The molecule has 0 aliphatic carbocycles. The number of piperidine rings is 1. The summed E-state index contributed by atoms with van der Waals surface area (Å²) in [5.41, 5.74) is -2.15. The monoisotopic (exact) mass is 363 g/mol. The van der Waals surface area contributed by atoms with Gasteiger partial charge in [-0.05, 0) is 40.2 Å². The molecule has 2 atom stereocenters. The summed E-state index contributed by atoms with van der Waals surface area (Å²) >= 11 is 0. The lowest BCUT2D eigenvalue weighted by Crippen LogP contribution is -3.07. The zero-order valence-electron chi connectivity index (χ0n) is 16.3. The molecule has 2 fully saturated rings. The molecule has 0 bridgehead atoms. The summed E-state index contributed by atoms with van der Waals surface area (Å²) in [7, 11) is 0. The van der Waals surface area contributed by atoms with E-state index in [0.717, 1.165) is 0 Å². The van der Waals surface area contributed by atoms with Gasteiger partial charge in [0.05, 0.1) is 23.7 Å². The summed E-state index contributed by atoms with van der Waals surface area (Å²) in [6.07, 6.45) is -0.375. The van der Waals surface area contributed by atoms with E-state index in [-0.39, 0.29) is 17.6 Å². The van der Waals surface area contributed by atoms with Crippen molar-refractivity contribution in [1.29, 1.82) is 0 Å². The average molecular weight is 363 g/mol. The first-order valence-electron chi connectivity index (χ1n) is 9.21. The molecule has 6 nitrogen and oxygen atoms in total. The van der Waals surface area contributed by atoms with E-state index >= 15 is 0 Å². The molecule has 2 saturated heterocycles. The van der Waals surface area contributed by atoms with Crippen LogP contribution in [0.1, 0.15) is 59.1 Å². The summed E-state index contributed by atoms with van der Waals surface area (Å²) in [5.74, 6) is 0. The molecule has 4 N–H and O–H groups in total. The fourth-order valence-electron chi connectivity index (χ4n) is 5.05. The summed E-state index contributed by atoms with van der Waals surface area (Å²) in [5, 5.41) is 24.2. The van der Waals surface area contributed by atoms with Gasteiger partial charge in [-0.3, -0.25) is 4.90 Å². The number of hydrogen-bond donors (Lipinski definition) is 3. The van der Waals surface area contributed by atoms with Crippen molar-refractivity contribution in [1.82, 2.24) is 4.90 Å². The second-order valence-electron chi connectivity index (χ2n) is 9.40. The van der Waals surface area contributed by atoms with E-state index in [0.29, 0.717) is 18.4 Å². The standard InChI is InChI=1S/C20H30N2O4/c1-17(2)12-20(13-18(3,4)21-17)19(5,25)22(16(24)26-20)11-15(23)14-9-7-6-8-10-14/h6-10,15,21,23,25H,11-13H2,1-5H3/p+1/t15-,19-/m0/s1. The number of amides is 1. The van der Waals surface area contributed by atoms with Gasteiger partial charge in [-0.2, -0.15) is 0 Å². The van der Waals surface area contributed by atoms with Crippen molar-refractivity contribution < 1.29 is 25.1 Å². The van der Waals surface area contributed by atoms with Crippen LogP contribution in [-0.2, 0) is 4.74 Å². The van der Waals surface area contributed by atoms with Crippen LogP contribution in [0.4, 0.5) is 4.79 Å². The number of quaternary nitrogens is 1. The topological polar surface area (TPSA) is 86.6 Å². The van der Waals surface area contributed by atoms with Crippen molar-refractivity contribution in [3.05, 3.63) is 35.9 Å². The van der Waals surface area contributed by atoms with Crippen LogP contribution in [-0.4, -0.2) is 50.2 Å². The number of carbonyl (C=O) groups excluding carboxylic acids is 1. The van der Waals surface area contributed by atoms with E-state index in [9.17, 15) is 15.0 Å². The average Bonchev–Trinajstić information content (AvgIpc) is 2.64. The van der Waals surface area contributed by atoms with Crippen LogP contribution in [0.5, 0.6) is 0 Å². The molecule has 26 heavy (non-hydrogen) atoms. The molecule has 2 aliphatic rings. The maximum absolute atomic E-state index is 12.7. The van der Waals surface area contributed by atoms with E-state index in [1.54, 1.807) is 19.1 Å². The Hall–Kier alpha value is -1.63. The maximum atomic E-state index is 12.7. The Bertz CT molecular complexity index is 668. The van der Waals surface area contributed by atoms with Crippen molar-refractivity contribution in [2.75, 3.05) is 6.54 Å². The fraction of sp³-hybridized carbons (Fsp3) is 0.650. The highest BCUT2D eigenvalue weighted by molar-refractivity contribution is 5.72. The molecule has 0 saturated carbocycles. The van der Waals surface area contributed by atoms with Crippen LogP contribution in [0, 0.1) is 0 Å². The lowest BCUT2D eigenvalue weighted by atomic mass is 9.68. The molecule has 6 heteroatoms. The van der Waals surface area contributed by atoms with E-state index in [2.05, 4.69) is 33.0 Å². The smallest absolute Gasteiger partial charge is 0.413 e. The predicted octanol–water partition coefficient (Wildman–Crippen LogP) is 1.53. The number of hydrogen-bond acceptors (Lipinski definition) is 4. The predicted molar refractivity (Wildman–Crippen MR) is 97.3 cm³/mol. The Kier molecular flexibility index (Phi) is 4.37. The normalized spacial score (nSPS) is 30.3. The summed E-state index contributed by atoms with van der Waals surface area (Å²) in [6, 6.07) is 9.15. The lowest BCUT2D eigenvalue weighted by Gasteiger charge is -2.51. The Balaban J connectivity index is 1.89. The van der Waals surface area contributed by atoms with Crippen molar-refractivity contribution in [2.24, 2.45) is 0 Å². The lowest BCUT2D eigenvalue weighted by molar-refractivity contribution is -0.793. The van der Waals surface area contributed by atoms with Gasteiger partial charge < -0.3 is 20.3 Å². The van der Waals surface area contributed by atoms with Crippen LogP contribution >= 0.6 is 0 Å². The highest BCUT2D eigenvalue weighted by Gasteiger charge is 2.68. The number of benzene rings is 1. The SMILES string of the molecule is CC1(C)CC2(CC(C)(C)[NH2+]1)OC(=O)N(C[C@H](O)c1ccccc1)[C@@]2(C)O. The third-order valence-electron chi connectivity index (χ3n) is 5.70. The number of rotatable bonds is 3. The van der Waals surface area contributed by atoms with Gasteiger partial charge in [-0.25, -0.2) is 4.79 Å². The molecule has 0 radical (unpaired) electrons. The van der Waals surface area contributed by atoms with Crippen molar-refractivity contribution in [2.45, 2.75) is 76.0 Å². The molecule has 2 heterocycles. The fourth-order valence-corrected chi connectivity index (χ4v) is 5.05. The minimum absolute atomic E-state index is 0.0117. The molecule has 1 aromatic carbocycles. The van der Waals surface area contributed by atoms with Gasteiger partial charge in [0.2, 0.25) is 0 Å². The number of aliphatic hydroxyl groups is 2. The van der Waals surface area contributed by atoms with Crippen molar-refractivity contribution in [3.63, 3.8) is 0 Å². The molecule has 0 aromatic heterocycles. The van der Waals surface area contributed by atoms with Gasteiger partial charge in [0.1, 0.15) is 0 Å². The zero-order chi connectivity index (χ0) is 19.4. The first kappa shape index (κ1) is 19.1. The van der Waals surface area contributed by atoms with E-state index in [1.807, 2.05) is 18.2 Å². The highest BCUT2D eigenvalue weighted by atomic mass is 16.6. The Morgan fingerprint density at radius 1 is 1.12 bits per heavy atom. The number of carbonyl (C=O) groups is 1. The second-order valence-corrected chi connectivity index (χ2v) is 9.40. The third kappa shape index (κ3) is 3.21. The van der Waals surface area contributed by atoms with Gasteiger partial charge in [0.15, 0.2) is 11.3 Å². The molecule has 2 aliphatic heterocycles. The van der Waals surface area contributed by atoms with Gasteiger partial charge in [0, 0.05) is 12.8 Å². The quantitative estimate of drug-likeness (QED) is 0.760. The number of nitrogens with two attached hydrogens (primary N) is 1. The van der Waals surface area contributed by atoms with Crippen LogP contribution in [0.2, 0.25) is 0 Å². The summed E-state index contributed by atoms with van der Waals surface area (Å²) in [4.78, 5) is 14.0. The molecule has 1 amide bonds. The summed E-state index contributed by atoms with van der Waals surface area (Å²) < 4.78 is 5.83. The summed E-state index contributed by atoms with van der Waals surface area (Å²) in [6.45, 7) is 10.0. The molecule has 3 rings (SSSR count). The van der Waals surface area contributed by atoms with Gasteiger partial charge in [-0.1, -0.05) is 30.3 Å². The van der Waals surface area contributed by atoms with E-state index in [1.165, 1.54) is 4.90 Å². The zero-order valence-corrected chi connectivity index (χ0v) is 16.3. The first-order chi connectivity index (χ1) is 11.9. The van der Waals surface area contributed by atoms with Crippen molar-refractivity contribution in [3.8, 4) is 0 Å². The van der Waals surface area contributed by atoms with Crippen LogP contribution in [0.3, 0.4) is 0 Å². The minimum atomic E-state index is -1.50. The Morgan fingerprint density at radius 2 is 1.65 bits per heavy atom. The van der Waals surface area contributed by atoms with Gasteiger partial charge in [-0.15, -0.1) is 0 Å². The molecule has 1 aromatic rings.